The Kier molecular flexibility index (Phi) is 4.85. The van der Waals surface area contributed by atoms with Gasteiger partial charge >= 0.3 is 0 Å². The molecule has 1 N–H and O–H groups in total. The number of aromatic nitrogens is 2. The Labute approximate surface area is 144 Å². The highest BCUT2D eigenvalue weighted by molar-refractivity contribution is 7.92. The quantitative estimate of drug-likeness (QED) is 0.919. The predicted octanol–water partition coefficient (Wildman–Crippen LogP) is 2.89. The molecule has 2 aromatic rings. The maximum atomic E-state index is 12.9. The van der Waals surface area contributed by atoms with Gasteiger partial charge in [-0.25, -0.2) is 18.4 Å². The minimum absolute atomic E-state index is 0.309. The fourth-order valence-corrected chi connectivity index (χ4v) is 4.45. The van der Waals surface area contributed by atoms with Crippen molar-refractivity contribution >= 4 is 21.7 Å². The fourth-order valence-electron chi connectivity index (χ4n) is 2.82. The second-order valence-electron chi connectivity index (χ2n) is 6.30. The highest BCUT2D eigenvalue weighted by Gasteiger charge is 2.22. The van der Waals surface area contributed by atoms with Crippen molar-refractivity contribution in [3.05, 3.63) is 40.2 Å². The minimum Gasteiger partial charge on any atom is -0.347 e. The Balaban J connectivity index is 2.52. The third-order valence-electron chi connectivity index (χ3n) is 3.77. The number of hydrogen-bond donors (Lipinski definition) is 1. The van der Waals surface area contributed by atoms with E-state index in [-0.39, 0.29) is 0 Å². The van der Waals surface area contributed by atoms with Crippen molar-refractivity contribution in [2.24, 2.45) is 0 Å². The van der Waals surface area contributed by atoms with Crippen molar-refractivity contribution in [1.29, 1.82) is 0 Å². The lowest BCUT2D eigenvalue weighted by Gasteiger charge is -2.18. The highest BCUT2D eigenvalue weighted by Crippen LogP contribution is 2.27. The summed E-state index contributed by atoms with van der Waals surface area (Å²) in [6, 6.07) is 3.74. The lowest BCUT2D eigenvalue weighted by Crippen LogP contribution is -2.20. The second-order valence-corrected chi connectivity index (χ2v) is 7.92. The molecule has 6 nitrogen and oxygen atoms in total. The summed E-state index contributed by atoms with van der Waals surface area (Å²) in [5.41, 5.74) is 4.10. The van der Waals surface area contributed by atoms with Crippen molar-refractivity contribution in [3.8, 4) is 0 Å². The van der Waals surface area contributed by atoms with E-state index >= 15 is 0 Å². The molecule has 0 aliphatic heterocycles. The molecule has 24 heavy (non-hydrogen) atoms. The molecule has 0 saturated carbocycles. The van der Waals surface area contributed by atoms with E-state index in [1.807, 2.05) is 33.2 Å². The average Bonchev–Trinajstić information content (AvgIpc) is 2.40. The topological polar surface area (TPSA) is 75.2 Å². The zero-order valence-electron chi connectivity index (χ0n) is 15.2. The first-order valence-corrected chi connectivity index (χ1v) is 9.14. The molecule has 1 aromatic carbocycles. The average molecular weight is 348 g/mol. The summed E-state index contributed by atoms with van der Waals surface area (Å²) in [7, 11) is -0.0245. The standard InChI is InChI=1S/C17H24N4O2S/c1-10-8-11(2)16(12(3)9-10)24(22,23)20-15-13(4)18-17(21(6)7)19-14(15)5/h8-9,20H,1-7H3. The Morgan fingerprint density at radius 3 is 1.79 bits per heavy atom. The van der Waals surface area contributed by atoms with Crippen LogP contribution in [0.3, 0.4) is 0 Å². The van der Waals surface area contributed by atoms with E-state index in [0.717, 1.165) is 16.7 Å². The Morgan fingerprint density at radius 1 is 0.917 bits per heavy atom. The first kappa shape index (κ1) is 18.2. The van der Waals surface area contributed by atoms with Gasteiger partial charge in [-0.05, 0) is 45.7 Å². The summed E-state index contributed by atoms with van der Waals surface area (Å²) in [4.78, 5) is 10.8. The molecule has 2 rings (SSSR count). The van der Waals surface area contributed by atoms with Crippen LogP contribution in [0.2, 0.25) is 0 Å². The number of nitrogens with zero attached hydrogens (tertiary/aromatic N) is 3. The van der Waals surface area contributed by atoms with E-state index in [2.05, 4.69) is 14.7 Å². The number of hydrogen-bond acceptors (Lipinski definition) is 5. The van der Waals surface area contributed by atoms with Gasteiger partial charge in [-0.3, -0.25) is 4.72 Å². The van der Waals surface area contributed by atoms with Crippen molar-refractivity contribution in [1.82, 2.24) is 9.97 Å². The summed E-state index contributed by atoms with van der Waals surface area (Å²) in [6.07, 6.45) is 0. The molecule has 0 radical (unpaired) electrons. The molecule has 0 fully saturated rings. The number of anilines is 2. The maximum Gasteiger partial charge on any atom is 0.262 e. The lowest BCUT2D eigenvalue weighted by atomic mass is 10.1. The summed E-state index contributed by atoms with van der Waals surface area (Å²) in [6.45, 7) is 9.11. The molecule has 0 bridgehead atoms. The molecule has 1 aromatic heterocycles. The summed E-state index contributed by atoms with van der Waals surface area (Å²) < 4.78 is 28.5. The molecular formula is C17H24N4O2S. The predicted molar refractivity (Wildman–Crippen MR) is 97.3 cm³/mol. The number of nitrogens with one attached hydrogen (secondary N) is 1. The Morgan fingerprint density at radius 2 is 1.38 bits per heavy atom. The molecule has 7 heteroatoms. The van der Waals surface area contributed by atoms with Crippen LogP contribution in [0.4, 0.5) is 11.6 Å². The van der Waals surface area contributed by atoms with E-state index in [1.165, 1.54) is 0 Å². The van der Waals surface area contributed by atoms with Crippen molar-refractivity contribution in [2.75, 3.05) is 23.7 Å². The van der Waals surface area contributed by atoms with Gasteiger partial charge in [0.05, 0.1) is 22.0 Å². The van der Waals surface area contributed by atoms with Gasteiger partial charge in [0.25, 0.3) is 10.0 Å². The third kappa shape index (κ3) is 3.51. The molecule has 0 unspecified atom stereocenters. The van der Waals surface area contributed by atoms with Crippen molar-refractivity contribution in [2.45, 2.75) is 39.5 Å². The van der Waals surface area contributed by atoms with Crippen LogP contribution in [0, 0.1) is 34.6 Å². The third-order valence-corrected chi connectivity index (χ3v) is 5.42. The zero-order valence-corrected chi connectivity index (χ0v) is 16.0. The van der Waals surface area contributed by atoms with Gasteiger partial charge in [0.15, 0.2) is 0 Å². The van der Waals surface area contributed by atoms with Gasteiger partial charge in [0.2, 0.25) is 5.95 Å². The SMILES string of the molecule is Cc1cc(C)c(S(=O)(=O)Nc2c(C)nc(N(C)C)nc2C)c(C)c1. The van der Waals surface area contributed by atoms with E-state index < -0.39 is 10.0 Å². The minimum atomic E-state index is -3.71. The Hall–Kier alpha value is -2.15. The number of benzene rings is 1. The van der Waals surface area contributed by atoms with Gasteiger partial charge in [-0.2, -0.15) is 0 Å². The normalized spacial score (nSPS) is 11.5. The number of aryl methyl sites for hydroxylation is 5. The smallest absolute Gasteiger partial charge is 0.262 e. The second kappa shape index (κ2) is 6.39. The van der Waals surface area contributed by atoms with Crippen LogP contribution in [0.1, 0.15) is 28.1 Å². The fraction of sp³-hybridized carbons (Fsp3) is 0.412. The van der Waals surface area contributed by atoms with Gasteiger partial charge in [0.1, 0.15) is 0 Å². The number of sulfonamides is 1. The first-order chi connectivity index (χ1) is 11.0. The van der Waals surface area contributed by atoms with E-state index in [1.54, 1.807) is 32.6 Å². The molecule has 0 aliphatic carbocycles. The van der Waals surface area contributed by atoms with Crippen LogP contribution in [0.25, 0.3) is 0 Å². The molecule has 0 saturated heterocycles. The largest absolute Gasteiger partial charge is 0.347 e. The molecule has 0 amide bonds. The molecule has 1 heterocycles. The highest BCUT2D eigenvalue weighted by atomic mass is 32.2. The molecular weight excluding hydrogens is 324 g/mol. The number of rotatable bonds is 4. The first-order valence-electron chi connectivity index (χ1n) is 7.66. The monoisotopic (exact) mass is 348 g/mol. The van der Waals surface area contributed by atoms with Crippen LogP contribution in [0.5, 0.6) is 0 Å². The maximum absolute atomic E-state index is 12.9. The lowest BCUT2D eigenvalue weighted by molar-refractivity contribution is 0.599. The van der Waals surface area contributed by atoms with Crippen LogP contribution in [-0.2, 0) is 10.0 Å². The van der Waals surface area contributed by atoms with Crippen molar-refractivity contribution < 1.29 is 8.42 Å². The van der Waals surface area contributed by atoms with Crippen molar-refractivity contribution in [3.63, 3.8) is 0 Å². The van der Waals surface area contributed by atoms with Crippen LogP contribution in [-0.4, -0.2) is 32.5 Å². The van der Waals surface area contributed by atoms with Crippen LogP contribution < -0.4 is 9.62 Å². The van der Waals surface area contributed by atoms with E-state index in [0.29, 0.717) is 27.9 Å². The van der Waals surface area contributed by atoms with Gasteiger partial charge < -0.3 is 4.90 Å². The van der Waals surface area contributed by atoms with Crippen LogP contribution >= 0.6 is 0 Å². The van der Waals surface area contributed by atoms with Gasteiger partial charge in [-0.1, -0.05) is 17.7 Å². The zero-order chi connectivity index (χ0) is 18.2. The van der Waals surface area contributed by atoms with E-state index in [4.69, 9.17) is 0 Å². The summed E-state index contributed by atoms with van der Waals surface area (Å²) in [5, 5.41) is 0. The molecule has 0 aliphatic rings. The summed E-state index contributed by atoms with van der Waals surface area (Å²) >= 11 is 0. The summed E-state index contributed by atoms with van der Waals surface area (Å²) in [5.74, 6) is 0.552. The van der Waals surface area contributed by atoms with Crippen LogP contribution in [0.15, 0.2) is 17.0 Å². The van der Waals surface area contributed by atoms with Gasteiger partial charge in [-0.15, -0.1) is 0 Å². The molecule has 0 atom stereocenters. The molecule has 0 spiro atoms. The Bertz CT molecular complexity index is 843. The van der Waals surface area contributed by atoms with E-state index in [9.17, 15) is 8.42 Å². The molecule has 130 valence electrons. The van der Waals surface area contributed by atoms with Gasteiger partial charge in [0, 0.05) is 14.1 Å².